The fourth-order valence-electron chi connectivity index (χ4n) is 2.64. The molecule has 1 aromatic carbocycles. The van der Waals surface area contributed by atoms with E-state index in [1.807, 2.05) is 0 Å². The fourth-order valence-corrected chi connectivity index (χ4v) is 2.64. The van der Waals surface area contributed by atoms with E-state index in [0.717, 1.165) is 11.0 Å². The van der Waals surface area contributed by atoms with Gasteiger partial charge in [-0.25, -0.2) is 0 Å². The largest absolute Gasteiger partial charge is 0.351 e. The van der Waals surface area contributed by atoms with Gasteiger partial charge in [0.1, 0.15) is 11.7 Å². The lowest BCUT2D eigenvalue weighted by atomic mass is 10.0. The SMILES string of the molecule is C#Cc1cccc(NC2=CC(=O)N(C3CCC(=O)NC3=O)C2=O)c1. The fraction of sp³-hybridized carbons (Fsp3) is 0.176. The highest BCUT2D eigenvalue weighted by atomic mass is 16.2. The summed E-state index contributed by atoms with van der Waals surface area (Å²) in [5.41, 5.74) is 1.24. The number of carbonyl (C=O) groups is 4. The van der Waals surface area contributed by atoms with Gasteiger partial charge in [0.25, 0.3) is 11.8 Å². The number of nitrogens with zero attached hydrogens (tertiary/aromatic N) is 1. The number of amides is 4. The quantitative estimate of drug-likeness (QED) is 0.609. The van der Waals surface area contributed by atoms with Gasteiger partial charge in [-0.3, -0.25) is 29.4 Å². The number of hydrogen-bond donors (Lipinski definition) is 2. The van der Waals surface area contributed by atoms with Crippen molar-refractivity contribution >= 4 is 29.3 Å². The number of hydrogen-bond acceptors (Lipinski definition) is 5. The molecule has 0 aliphatic carbocycles. The number of imide groups is 2. The number of benzene rings is 1. The van der Waals surface area contributed by atoms with Gasteiger partial charge in [-0.2, -0.15) is 0 Å². The van der Waals surface area contributed by atoms with E-state index in [0.29, 0.717) is 11.3 Å². The van der Waals surface area contributed by atoms with E-state index in [4.69, 9.17) is 6.42 Å². The molecule has 1 fully saturated rings. The Morgan fingerprint density at radius 2 is 2.04 bits per heavy atom. The van der Waals surface area contributed by atoms with Crippen molar-refractivity contribution in [1.29, 1.82) is 0 Å². The maximum Gasteiger partial charge on any atom is 0.278 e. The molecule has 0 saturated carbocycles. The van der Waals surface area contributed by atoms with Gasteiger partial charge in [-0.05, 0) is 24.6 Å². The molecule has 7 nitrogen and oxygen atoms in total. The van der Waals surface area contributed by atoms with Crippen molar-refractivity contribution in [3.05, 3.63) is 41.6 Å². The monoisotopic (exact) mass is 323 g/mol. The summed E-state index contributed by atoms with van der Waals surface area (Å²) in [7, 11) is 0. The molecule has 2 aliphatic rings. The number of terminal acetylenes is 1. The summed E-state index contributed by atoms with van der Waals surface area (Å²) in [6.45, 7) is 0. The molecule has 0 bridgehead atoms. The molecule has 3 rings (SSSR count). The van der Waals surface area contributed by atoms with E-state index in [9.17, 15) is 19.2 Å². The van der Waals surface area contributed by atoms with Crippen molar-refractivity contribution in [2.24, 2.45) is 0 Å². The first-order valence-electron chi connectivity index (χ1n) is 7.26. The number of rotatable bonds is 3. The Morgan fingerprint density at radius 3 is 2.75 bits per heavy atom. The van der Waals surface area contributed by atoms with Crippen molar-refractivity contribution in [3.8, 4) is 12.3 Å². The highest BCUT2D eigenvalue weighted by Crippen LogP contribution is 2.23. The molecule has 1 saturated heterocycles. The van der Waals surface area contributed by atoms with E-state index in [1.165, 1.54) is 0 Å². The minimum Gasteiger partial charge on any atom is -0.351 e. The van der Waals surface area contributed by atoms with Crippen LogP contribution >= 0.6 is 0 Å². The second-order valence-corrected chi connectivity index (χ2v) is 5.39. The number of nitrogens with one attached hydrogen (secondary N) is 2. The van der Waals surface area contributed by atoms with Crippen LogP contribution in [0.15, 0.2) is 36.0 Å². The maximum atomic E-state index is 12.5. The van der Waals surface area contributed by atoms with Crippen LogP contribution in [-0.2, 0) is 19.2 Å². The third kappa shape index (κ3) is 2.77. The molecule has 24 heavy (non-hydrogen) atoms. The summed E-state index contributed by atoms with van der Waals surface area (Å²) in [5, 5.41) is 4.98. The zero-order valence-corrected chi connectivity index (χ0v) is 12.5. The van der Waals surface area contributed by atoms with Gasteiger partial charge in [-0.15, -0.1) is 6.42 Å². The number of carbonyl (C=O) groups excluding carboxylic acids is 4. The normalized spacial score (nSPS) is 20.5. The molecule has 120 valence electrons. The predicted octanol–water partition coefficient (Wildman–Crippen LogP) is 0.138. The molecule has 2 aliphatic heterocycles. The van der Waals surface area contributed by atoms with Gasteiger partial charge in [-0.1, -0.05) is 12.0 Å². The smallest absolute Gasteiger partial charge is 0.278 e. The summed E-state index contributed by atoms with van der Waals surface area (Å²) in [6, 6.07) is 5.84. The molecule has 0 radical (unpaired) electrons. The van der Waals surface area contributed by atoms with Gasteiger partial charge in [0, 0.05) is 23.7 Å². The summed E-state index contributed by atoms with van der Waals surface area (Å²) in [6.07, 6.45) is 6.67. The first-order valence-corrected chi connectivity index (χ1v) is 7.26. The molecule has 1 aromatic rings. The van der Waals surface area contributed by atoms with Crippen LogP contribution in [0.3, 0.4) is 0 Å². The van der Waals surface area contributed by atoms with Crippen molar-refractivity contribution in [3.63, 3.8) is 0 Å². The molecular weight excluding hydrogens is 310 g/mol. The third-order valence-corrected chi connectivity index (χ3v) is 3.78. The van der Waals surface area contributed by atoms with Crippen LogP contribution < -0.4 is 10.6 Å². The Kier molecular flexibility index (Phi) is 3.88. The van der Waals surface area contributed by atoms with Gasteiger partial charge in [0.2, 0.25) is 11.8 Å². The predicted molar refractivity (Wildman–Crippen MR) is 84.1 cm³/mol. The standard InChI is InChI=1S/C17H13N3O4/c1-2-10-4-3-5-11(8-10)18-12-9-15(22)20(17(12)24)13-6-7-14(21)19-16(13)23/h1,3-5,8-9,13,18H,6-7H2,(H,19,21,23). The van der Waals surface area contributed by atoms with E-state index in [-0.39, 0.29) is 18.5 Å². The molecule has 7 heteroatoms. The summed E-state index contributed by atoms with van der Waals surface area (Å²) < 4.78 is 0. The first kappa shape index (κ1) is 15.5. The van der Waals surface area contributed by atoms with Crippen molar-refractivity contribution in [2.45, 2.75) is 18.9 Å². The topological polar surface area (TPSA) is 95.6 Å². The minimum atomic E-state index is -0.977. The van der Waals surface area contributed by atoms with E-state index in [2.05, 4.69) is 16.6 Å². The molecule has 2 N–H and O–H groups in total. The van der Waals surface area contributed by atoms with E-state index >= 15 is 0 Å². The van der Waals surface area contributed by atoms with Crippen LogP contribution in [-0.4, -0.2) is 34.6 Å². The highest BCUT2D eigenvalue weighted by Gasteiger charge is 2.42. The summed E-state index contributed by atoms with van der Waals surface area (Å²) in [5.74, 6) is 0.222. The van der Waals surface area contributed by atoms with Gasteiger partial charge < -0.3 is 5.32 Å². The van der Waals surface area contributed by atoms with Gasteiger partial charge in [0.15, 0.2) is 0 Å². The molecule has 4 amide bonds. The molecular formula is C17H13N3O4. The average molecular weight is 323 g/mol. The summed E-state index contributed by atoms with van der Waals surface area (Å²) >= 11 is 0. The van der Waals surface area contributed by atoms with Crippen molar-refractivity contribution in [2.75, 3.05) is 5.32 Å². The lowest BCUT2D eigenvalue weighted by Crippen LogP contribution is -2.54. The van der Waals surface area contributed by atoms with Gasteiger partial charge in [0.05, 0.1) is 0 Å². The Balaban J connectivity index is 1.78. The van der Waals surface area contributed by atoms with Crippen molar-refractivity contribution in [1.82, 2.24) is 10.2 Å². The molecule has 0 spiro atoms. The zero-order chi connectivity index (χ0) is 17.3. The Labute approximate surface area is 137 Å². The highest BCUT2D eigenvalue weighted by molar-refractivity contribution is 6.20. The van der Waals surface area contributed by atoms with Crippen LogP contribution in [0, 0.1) is 12.3 Å². The molecule has 1 unspecified atom stereocenters. The van der Waals surface area contributed by atoms with E-state index in [1.54, 1.807) is 24.3 Å². The number of anilines is 1. The van der Waals surface area contributed by atoms with Gasteiger partial charge >= 0.3 is 0 Å². The molecule has 0 aromatic heterocycles. The lowest BCUT2D eigenvalue weighted by molar-refractivity contribution is -0.149. The third-order valence-electron chi connectivity index (χ3n) is 3.78. The van der Waals surface area contributed by atoms with Crippen LogP contribution in [0.5, 0.6) is 0 Å². The van der Waals surface area contributed by atoms with Crippen LogP contribution in [0.4, 0.5) is 5.69 Å². The molecule has 2 heterocycles. The lowest BCUT2D eigenvalue weighted by Gasteiger charge is -2.28. The van der Waals surface area contributed by atoms with E-state index < -0.39 is 29.7 Å². The Bertz CT molecular complexity index is 834. The maximum absolute atomic E-state index is 12.5. The minimum absolute atomic E-state index is 0.0545. The van der Waals surface area contributed by atoms with Crippen LogP contribution in [0.1, 0.15) is 18.4 Å². The first-order chi connectivity index (χ1) is 11.5. The second-order valence-electron chi connectivity index (χ2n) is 5.39. The average Bonchev–Trinajstić information content (AvgIpc) is 2.82. The second kappa shape index (κ2) is 6.01. The van der Waals surface area contributed by atoms with Crippen LogP contribution in [0.25, 0.3) is 0 Å². The number of piperidine rings is 1. The Morgan fingerprint density at radius 1 is 1.25 bits per heavy atom. The molecule has 1 atom stereocenters. The van der Waals surface area contributed by atoms with Crippen molar-refractivity contribution < 1.29 is 19.2 Å². The van der Waals surface area contributed by atoms with Crippen LogP contribution in [0.2, 0.25) is 0 Å². The zero-order valence-electron chi connectivity index (χ0n) is 12.5. The summed E-state index contributed by atoms with van der Waals surface area (Å²) in [4.78, 5) is 48.6. The Hall–Kier alpha value is -3.40.